The van der Waals surface area contributed by atoms with Gasteiger partial charge in [0.2, 0.25) is 0 Å². The van der Waals surface area contributed by atoms with E-state index in [1.165, 1.54) is 18.4 Å². The van der Waals surface area contributed by atoms with Crippen LogP contribution in [0.2, 0.25) is 0 Å². The van der Waals surface area contributed by atoms with Crippen molar-refractivity contribution in [3.63, 3.8) is 0 Å². The molecule has 0 radical (unpaired) electrons. The molecule has 0 fully saturated rings. The molecule has 2 aromatic carbocycles. The van der Waals surface area contributed by atoms with E-state index in [1.807, 2.05) is 24.3 Å². The van der Waals surface area contributed by atoms with Crippen LogP contribution in [0.3, 0.4) is 0 Å². The predicted molar refractivity (Wildman–Crippen MR) is 86.5 cm³/mol. The molecule has 2 rings (SSSR count). The van der Waals surface area contributed by atoms with E-state index in [0.29, 0.717) is 0 Å². The van der Waals surface area contributed by atoms with Gasteiger partial charge in [0.05, 0.1) is 0 Å². The summed E-state index contributed by atoms with van der Waals surface area (Å²) in [7, 11) is 0. The zero-order chi connectivity index (χ0) is 14.0. The first-order chi connectivity index (χ1) is 9.90. The van der Waals surface area contributed by atoms with Crippen LogP contribution in [0.15, 0.2) is 60.7 Å². The third-order valence-electron chi connectivity index (χ3n) is 3.12. The Balaban J connectivity index is 2.13. The van der Waals surface area contributed by atoms with Gasteiger partial charge < -0.3 is 5.32 Å². The maximum absolute atomic E-state index is 3.50. The second kappa shape index (κ2) is 8.07. The van der Waals surface area contributed by atoms with E-state index in [4.69, 9.17) is 0 Å². The Morgan fingerprint density at radius 2 is 1.60 bits per heavy atom. The minimum Gasteiger partial charge on any atom is -0.368 e. The number of nitrogens with one attached hydrogen (secondary N) is 1. The third kappa shape index (κ3) is 4.48. The first kappa shape index (κ1) is 14.2. The molecular weight excluding hydrogens is 242 g/mol. The lowest BCUT2D eigenvalue weighted by molar-refractivity contribution is 0.826. The van der Waals surface area contributed by atoms with Crippen molar-refractivity contribution >= 4 is 5.69 Å². The lowest BCUT2D eigenvalue weighted by Crippen LogP contribution is -2.08. The number of hydrogen-bond donors (Lipinski definition) is 1. The number of anilines is 1. The SMILES string of the molecule is CCCCC#CC(Nc1ccccc1)c1ccccc1. The molecule has 0 aromatic heterocycles. The Labute approximate surface area is 122 Å². The summed E-state index contributed by atoms with van der Waals surface area (Å²) >= 11 is 0. The van der Waals surface area contributed by atoms with Crippen molar-refractivity contribution in [3.8, 4) is 11.8 Å². The summed E-state index contributed by atoms with van der Waals surface area (Å²) in [5.74, 6) is 6.65. The van der Waals surface area contributed by atoms with Gasteiger partial charge in [-0.15, -0.1) is 5.92 Å². The van der Waals surface area contributed by atoms with Crippen LogP contribution in [0.4, 0.5) is 5.69 Å². The van der Waals surface area contributed by atoms with E-state index in [0.717, 1.165) is 12.1 Å². The molecular formula is C19H21N. The lowest BCUT2D eigenvalue weighted by atomic mass is 10.1. The monoisotopic (exact) mass is 263 g/mol. The Kier molecular flexibility index (Phi) is 5.73. The van der Waals surface area contributed by atoms with Gasteiger partial charge in [0.1, 0.15) is 6.04 Å². The van der Waals surface area contributed by atoms with Crippen molar-refractivity contribution in [1.82, 2.24) is 0 Å². The zero-order valence-corrected chi connectivity index (χ0v) is 12.0. The van der Waals surface area contributed by atoms with E-state index < -0.39 is 0 Å². The molecule has 1 atom stereocenters. The largest absolute Gasteiger partial charge is 0.368 e. The minimum absolute atomic E-state index is 0.0513. The van der Waals surface area contributed by atoms with Gasteiger partial charge in [-0.25, -0.2) is 0 Å². The Bertz CT molecular complexity index is 549. The molecule has 0 spiro atoms. The molecule has 0 saturated carbocycles. The van der Waals surface area contributed by atoms with E-state index in [-0.39, 0.29) is 6.04 Å². The van der Waals surface area contributed by atoms with Crippen molar-refractivity contribution < 1.29 is 0 Å². The summed E-state index contributed by atoms with van der Waals surface area (Å²) < 4.78 is 0. The highest BCUT2D eigenvalue weighted by Crippen LogP contribution is 2.18. The Morgan fingerprint density at radius 3 is 2.25 bits per heavy atom. The number of hydrogen-bond acceptors (Lipinski definition) is 1. The maximum Gasteiger partial charge on any atom is 0.113 e. The van der Waals surface area contributed by atoms with Crippen LogP contribution in [-0.4, -0.2) is 0 Å². The van der Waals surface area contributed by atoms with E-state index >= 15 is 0 Å². The number of rotatable bonds is 5. The standard InChI is InChI=1S/C19H21N/c1-2-3-4-11-16-19(17-12-7-5-8-13-17)20-18-14-9-6-10-15-18/h5-10,12-15,19-20H,2-4H2,1H3. The Hall–Kier alpha value is -2.20. The highest BCUT2D eigenvalue weighted by atomic mass is 14.9. The van der Waals surface area contributed by atoms with E-state index in [1.54, 1.807) is 0 Å². The lowest BCUT2D eigenvalue weighted by Gasteiger charge is -2.15. The summed E-state index contributed by atoms with van der Waals surface area (Å²) in [5.41, 5.74) is 2.31. The van der Waals surface area contributed by atoms with E-state index in [9.17, 15) is 0 Å². The van der Waals surface area contributed by atoms with Gasteiger partial charge in [0.25, 0.3) is 0 Å². The van der Waals surface area contributed by atoms with Gasteiger partial charge in [-0.1, -0.05) is 67.8 Å². The number of unbranched alkanes of at least 4 members (excludes halogenated alkanes) is 2. The van der Waals surface area contributed by atoms with E-state index in [2.05, 4.69) is 60.5 Å². The van der Waals surface area contributed by atoms with Crippen LogP contribution in [0.25, 0.3) is 0 Å². The molecule has 0 bridgehead atoms. The molecule has 1 nitrogen and oxygen atoms in total. The van der Waals surface area contributed by atoms with Crippen LogP contribution < -0.4 is 5.32 Å². The summed E-state index contributed by atoms with van der Waals surface area (Å²) in [6.45, 7) is 2.19. The molecule has 102 valence electrons. The number of benzene rings is 2. The molecule has 0 aliphatic heterocycles. The van der Waals surface area contributed by atoms with Crippen LogP contribution in [0.5, 0.6) is 0 Å². The molecule has 1 N–H and O–H groups in total. The molecule has 1 unspecified atom stereocenters. The fraction of sp³-hybridized carbons (Fsp3) is 0.263. The number of para-hydroxylation sites is 1. The van der Waals surface area contributed by atoms with Gasteiger partial charge in [-0.05, 0) is 24.1 Å². The smallest absolute Gasteiger partial charge is 0.113 e. The average Bonchev–Trinajstić information content (AvgIpc) is 2.52. The van der Waals surface area contributed by atoms with Gasteiger partial charge in [0.15, 0.2) is 0 Å². The highest BCUT2D eigenvalue weighted by molar-refractivity contribution is 5.47. The molecule has 0 saturated heterocycles. The van der Waals surface area contributed by atoms with Crippen molar-refractivity contribution in [1.29, 1.82) is 0 Å². The van der Waals surface area contributed by atoms with Gasteiger partial charge >= 0.3 is 0 Å². The van der Waals surface area contributed by atoms with Crippen LogP contribution in [-0.2, 0) is 0 Å². The summed E-state index contributed by atoms with van der Waals surface area (Å²) in [4.78, 5) is 0. The van der Waals surface area contributed by atoms with Crippen LogP contribution in [0.1, 0.15) is 37.8 Å². The summed E-state index contributed by atoms with van der Waals surface area (Å²) in [6.07, 6.45) is 3.33. The molecule has 0 aliphatic carbocycles. The quantitative estimate of drug-likeness (QED) is 0.589. The summed E-state index contributed by atoms with van der Waals surface area (Å²) in [6, 6.07) is 20.7. The Morgan fingerprint density at radius 1 is 0.950 bits per heavy atom. The molecule has 20 heavy (non-hydrogen) atoms. The van der Waals surface area contributed by atoms with Crippen LogP contribution >= 0.6 is 0 Å². The van der Waals surface area contributed by atoms with Crippen molar-refractivity contribution in [2.75, 3.05) is 5.32 Å². The zero-order valence-electron chi connectivity index (χ0n) is 12.0. The molecule has 1 heteroatoms. The topological polar surface area (TPSA) is 12.0 Å². The van der Waals surface area contributed by atoms with Crippen LogP contribution in [0, 0.1) is 11.8 Å². The van der Waals surface area contributed by atoms with Gasteiger partial charge in [0, 0.05) is 12.1 Å². The molecule has 0 aliphatic rings. The second-order valence-corrected chi connectivity index (χ2v) is 4.78. The van der Waals surface area contributed by atoms with Crippen molar-refractivity contribution in [2.45, 2.75) is 32.2 Å². The van der Waals surface area contributed by atoms with Gasteiger partial charge in [-0.2, -0.15) is 0 Å². The fourth-order valence-electron chi connectivity index (χ4n) is 1.99. The highest BCUT2D eigenvalue weighted by Gasteiger charge is 2.06. The van der Waals surface area contributed by atoms with Gasteiger partial charge in [-0.3, -0.25) is 0 Å². The molecule has 0 amide bonds. The minimum atomic E-state index is 0.0513. The first-order valence-corrected chi connectivity index (χ1v) is 7.25. The average molecular weight is 263 g/mol. The first-order valence-electron chi connectivity index (χ1n) is 7.25. The van der Waals surface area contributed by atoms with Crippen molar-refractivity contribution in [3.05, 3.63) is 66.2 Å². The second-order valence-electron chi connectivity index (χ2n) is 4.78. The summed E-state index contributed by atoms with van der Waals surface area (Å²) in [5, 5.41) is 3.50. The normalized spacial score (nSPS) is 11.2. The fourth-order valence-corrected chi connectivity index (χ4v) is 1.99. The molecule has 2 aromatic rings. The predicted octanol–water partition coefficient (Wildman–Crippen LogP) is 5.03. The maximum atomic E-state index is 3.50. The van der Waals surface area contributed by atoms with Crippen molar-refractivity contribution in [2.24, 2.45) is 0 Å². The third-order valence-corrected chi connectivity index (χ3v) is 3.12. The molecule has 0 heterocycles.